The molecule has 0 radical (unpaired) electrons. The van der Waals surface area contributed by atoms with Gasteiger partial charge in [-0.2, -0.15) is 0 Å². The lowest BCUT2D eigenvalue weighted by molar-refractivity contribution is -0.134. The second kappa shape index (κ2) is 8.50. The van der Waals surface area contributed by atoms with Gasteiger partial charge in [0.05, 0.1) is 11.7 Å². The van der Waals surface area contributed by atoms with Gasteiger partial charge in [0.15, 0.2) is 11.6 Å². The Morgan fingerprint density at radius 3 is 2.49 bits per heavy atom. The molecule has 178 valence electrons. The number of nitrogens with zero attached hydrogens (tertiary/aromatic N) is 2. The number of urea groups is 1. The van der Waals surface area contributed by atoms with E-state index in [1.165, 1.54) is 17.9 Å². The summed E-state index contributed by atoms with van der Waals surface area (Å²) < 4.78 is 33.1. The summed E-state index contributed by atoms with van der Waals surface area (Å²) >= 11 is 0. The number of fused-ring (bicyclic) bond motifs is 1. The summed E-state index contributed by atoms with van der Waals surface area (Å²) in [4.78, 5) is 42.0. The molecule has 1 saturated heterocycles. The summed E-state index contributed by atoms with van der Waals surface area (Å²) in [6.07, 6.45) is 0. The van der Waals surface area contributed by atoms with Crippen molar-refractivity contribution in [3.05, 3.63) is 95.6 Å². The summed E-state index contributed by atoms with van der Waals surface area (Å²) in [5, 5.41) is 2.52. The molecule has 0 aromatic heterocycles. The van der Waals surface area contributed by atoms with Crippen LogP contribution >= 0.6 is 0 Å². The monoisotopic (exact) mass is 477 g/mol. The van der Waals surface area contributed by atoms with Crippen LogP contribution in [0.4, 0.5) is 19.3 Å². The van der Waals surface area contributed by atoms with Gasteiger partial charge in [-0.05, 0) is 42.3 Å². The lowest BCUT2D eigenvalue weighted by atomic mass is 9.92. The van der Waals surface area contributed by atoms with Crippen LogP contribution < -0.4 is 15.0 Å². The van der Waals surface area contributed by atoms with Crippen molar-refractivity contribution in [2.45, 2.75) is 18.5 Å². The van der Waals surface area contributed by atoms with Gasteiger partial charge in [-0.15, -0.1) is 0 Å². The van der Waals surface area contributed by atoms with Gasteiger partial charge < -0.3 is 10.1 Å². The first-order valence-electron chi connectivity index (χ1n) is 11.0. The molecular weight excluding hydrogens is 456 g/mol. The minimum atomic E-state index is -1.65. The highest BCUT2D eigenvalue weighted by Gasteiger charge is 2.50. The van der Waals surface area contributed by atoms with Crippen molar-refractivity contribution in [2.75, 3.05) is 18.1 Å². The van der Waals surface area contributed by atoms with E-state index in [2.05, 4.69) is 5.32 Å². The fraction of sp³-hybridized carbons (Fsp3) is 0.192. The van der Waals surface area contributed by atoms with Crippen molar-refractivity contribution >= 4 is 23.5 Å². The third-order valence-corrected chi connectivity index (χ3v) is 6.35. The van der Waals surface area contributed by atoms with Crippen LogP contribution in [0.15, 0.2) is 72.8 Å². The van der Waals surface area contributed by atoms with Crippen LogP contribution in [0.5, 0.6) is 5.75 Å². The van der Waals surface area contributed by atoms with Crippen molar-refractivity contribution in [3.8, 4) is 5.75 Å². The number of anilines is 1. The topological polar surface area (TPSA) is 79.0 Å². The molecule has 1 fully saturated rings. The minimum Gasteiger partial charge on any atom is -0.489 e. The zero-order valence-electron chi connectivity index (χ0n) is 18.7. The number of halogens is 2. The van der Waals surface area contributed by atoms with Crippen LogP contribution in [-0.2, 0) is 15.1 Å². The molecule has 0 unspecified atom stereocenters. The van der Waals surface area contributed by atoms with Crippen molar-refractivity contribution in [1.82, 2.24) is 10.2 Å². The number of para-hydroxylation sites is 2. The van der Waals surface area contributed by atoms with Gasteiger partial charge in [0, 0.05) is 0 Å². The molecule has 2 aliphatic rings. The molecule has 9 heteroatoms. The van der Waals surface area contributed by atoms with Gasteiger partial charge in [-0.3, -0.25) is 19.4 Å². The Kier molecular flexibility index (Phi) is 5.47. The van der Waals surface area contributed by atoms with Crippen molar-refractivity contribution in [1.29, 1.82) is 0 Å². The Hall–Kier alpha value is -4.27. The van der Waals surface area contributed by atoms with Gasteiger partial charge in [-0.25, -0.2) is 13.6 Å². The van der Waals surface area contributed by atoms with Gasteiger partial charge >= 0.3 is 6.03 Å². The molecule has 5 rings (SSSR count). The zero-order valence-corrected chi connectivity index (χ0v) is 18.7. The number of ether oxygens (including phenoxy) is 1. The summed E-state index contributed by atoms with van der Waals surface area (Å²) in [6, 6.07) is 18.0. The molecule has 7 nitrogen and oxygen atoms in total. The second-order valence-electron chi connectivity index (χ2n) is 8.54. The molecule has 3 aromatic rings. The molecule has 3 aromatic carbocycles. The normalized spacial score (nSPS) is 21.4. The Morgan fingerprint density at radius 2 is 1.74 bits per heavy atom. The standard InChI is InChI=1S/C26H21F2N3O4/c1-26(17-11-12-18(27)19(28)13-17)24(33)30(25(34)29-26)14-23(32)31-20-9-5-6-10-22(20)35-15-21(31)16-7-3-2-4-8-16/h2-13,21H,14-15H2,1H3,(H,29,34)/t21-,26-/m1/s1. The number of imide groups is 1. The predicted molar refractivity (Wildman–Crippen MR) is 123 cm³/mol. The number of carbonyl (C=O) groups excluding carboxylic acids is 3. The number of hydrogen-bond donors (Lipinski definition) is 1. The summed E-state index contributed by atoms with van der Waals surface area (Å²) in [5.74, 6) is -2.93. The maximum Gasteiger partial charge on any atom is 0.325 e. The first kappa shape index (κ1) is 22.5. The largest absolute Gasteiger partial charge is 0.489 e. The average molecular weight is 477 g/mol. The van der Waals surface area contributed by atoms with Gasteiger partial charge in [0.25, 0.3) is 5.91 Å². The van der Waals surface area contributed by atoms with E-state index in [0.717, 1.165) is 22.6 Å². The molecular formula is C26H21F2N3O4. The van der Waals surface area contributed by atoms with Crippen LogP contribution in [-0.4, -0.2) is 35.9 Å². The number of nitrogens with one attached hydrogen (secondary N) is 1. The van der Waals surface area contributed by atoms with Crippen molar-refractivity contribution in [2.24, 2.45) is 0 Å². The molecule has 2 aliphatic heterocycles. The fourth-order valence-electron chi connectivity index (χ4n) is 4.47. The molecule has 2 heterocycles. The quantitative estimate of drug-likeness (QED) is 0.579. The molecule has 2 atom stereocenters. The number of benzene rings is 3. The molecule has 35 heavy (non-hydrogen) atoms. The summed E-state index contributed by atoms with van der Waals surface area (Å²) in [7, 11) is 0. The lowest BCUT2D eigenvalue weighted by Gasteiger charge is -2.37. The Balaban J connectivity index is 1.46. The number of carbonyl (C=O) groups is 3. The molecule has 0 bridgehead atoms. The van der Waals surface area contributed by atoms with Crippen LogP contribution in [0.25, 0.3) is 0 Å². The van der Waals surface area contributed by atoms with E-state index in [1.807, 2.05) is 30.3 Å². The van der Waals surface area contributed by atoms with Crippen LogP contribution in [0, 0.1) is 11.6 Å². The third kappa shape index (κ3) is 3.78. The van der Waals surface area contributed by atoms with E-state index >= 15 is 0 Å². The van der Waals surface area contributed by atoms with E-state index in [-0.39, 0.29) is 12.2 Å². The summed E-state index contributed by atoms with van der Waals surface area (Å²) in [5.41, 5.74) is -0.219. The zero-order chi connectivity index (χ0) is 24.7. The molecule has 0 saturated carbocycles. The first-order chi connectivity index (χ1) is 16.8. The number of amides is 4. The summed E-state index contributed by atoms with van der Waals surface area (Å²) in [6.45, 7) is 1.04. The maximum atomic E-state index is 13.8. The second-order valence-corrected chi connectivity index (χ2v) is 8.54. The molecule has 0 spiro atoms. The highest BCUT2D eigenvalue weighted by molar-refractivity contribution is 6.11. The van der Waals surface area contributed by atoms with E-state index in [1.54, 1.807) is 24.3 Å². The number of hydrogen-bond acceptors (Lipinski definition) is 4. The molecule has 0 aliphatic carbocycles. The van der Waals surface area contributed by atoms with Crippen molar-refractivity contribution in [3.63, 3.8) is 0 Å². The number of rotatable bonds is 4. The Morgan fingerprint density at radius 1 is 1.03 bits per heavy atom. The van der Waals surface area contributed by atoms with E-state index in [4.69, 9.17) is 4.74 Å². The minimum absolute atomic E-state index is 0.0728. The Bertz CT molecular complexity index is 1330. The SMILES string of the molecule is C[C@]1(c2ccc(F)c(F)c2)NC(=O)N(CC(=O)N2c3ccccc3OC[C@@H]2c2ccccc2)C1=O. The van der Waals surface area contributed by atoms with Gasteiger partial charge in [-0.1, -0.05) is 48.5 Å². The van der Waals surface area contributed by atoms with Crippen LogP contribution in [0.3, 0.4) is 0 Å². The highest BCUT2D eigenvalue weighted by Crippen LogP contribution is 2.39. The van der Waals surface area contributed by atoms with Crippen molar-refractivity contribution < 1.29 is 27.9 Å². The van der Waals surface area contributed by atoms with E-state index < -0.39 is 47.6 Å². The van der Waals surface area contributed by atoms with E-state index in [0.29, 0.717) is 11.4 Å². The van der Waals surface area contributed by atoms with Gasteiger partial charge in [0.2, 0.25) is 5.91 Å². The van der Waals surface area contributed by atoms with Crippen LogP contribution in [0.1, 0.15) is 24.1 Å². The van der Waals surface area contributed by atoms with Gasteiger partial charge in [0.1, 0.15) is 24.4 Å². The smallest absolute Gasteiger partial charge is 0.325 e. The molecule has 4 amide bonds. The highest BCUT2D eigenvalue weighted by atomic mass is 19.2. The maximum absolute atomic E-state index is 13.8. The Labute approximate surface area is 199 Å². The first-order valence-corrected chi connectivity index (χ1v) is 11.0. The fourth-order valence-corrected chi connectivity index (χ4v) is 4.47. The lowest BCUT2D eigenvalue weighted by Crippen LogP contribution is -2.48. The van der Waals surface area contributed by atoms with Crippen LogP contribution in [0.2, 0.25) is 0 Å². The predicted octanol–water partition coefficient (Wildman–Crippen LogP) is 3.90. The molecule has 1 N–H and O–H groups in total. The van der Waals surface area contributed by atoms with E-state index in [9.17, 15) is 23.2 Å². The third-order valence-electron chi connectivity index (χ3n) is 6.35. The average Bonchev–Trinajstić information content (AvgIpc) is 3.09.